The molecule has 1 unspecified atom stereocenters. The van der Waals surface area contributed by atoms with E-state index in [1.807, 2.05) is 20.8 Å². The van der Waals surface area contributed by atoms with E-state index in [0.717, 1.165) is 25.0 Å². The second-order valence-corrected chi connectivity index (χ2v) is 9.29. The number of rotatable bonds is 7. The molecule has 1 aliphatic heterocycles. The third kappa shape index (κ3) is 6.46. The van der Waals surface area contributed by atoms with Gasteiger partial charge < -0.3 is 20.1 Å². The predicted molar refractivity (Wildman–Crippen MR) is 114 cm³/mol. The van der Waals surface area contributed by atoms with Gasteiger partial charge in [-0.15, -0.1) is 0 Å². The van der Waals surface area contributed by atoms with Gasteiger partial charge in [0, 0.05) is 31.3 Å². The average molecular weight is 452 g/mol. The first kappa shape index (κ1) is 24.1. The molecule has 1 aliphatic rings. The molecular formula is C22H31F2N5O3. The average Bonchev–Trinajstić information content (AvgIpc) is 3.19. The summed E-state index contributed by atoms with van der Waals surface area (Å²) in [7, 11) is 0. The number of ether oxygens (including phenoxy) is 1. The molecule has 1 aromatic heterocycles. The summed E-state index contributed by atoms with van der Waals surface area (Å²) >= 11 is 0. The Hall–Kier alpha value is -2.59. The van der Waals surface area contributed by atoms with Gasteiger partial charge in [-0.3, -0.25) is 0 Å². The Morgan fingerprint density at radius 3 is 2.59 bits per heavy atom. The van der Waals surface area contributed by atoms with Gasteiger partial charge in [0.05, 0.1) is 6.54 Å². The van der Waals surface area contributed by atoms with Crippen LogP contribution < -0.4 is 5.32 Å². The number of benzene rings is 1. The minimum atomic E-state index is -1.65. The fourth-order valence-electron chi connectivity index (χ4n) is 3.81. The SMILES string of the molecule is CC(C)(C)OC(=O)N1CCC(CNCC(O)(Cn2cncn2)c2ccc(F)cc2F)CC1. The summed E-state index contributed by atoms with van der Waals surface area (Å²) in [5, 5.41) is 18.5. The highest BCUT2D eigenvalue weighted by atomic mass is 19.1. The molecule has 1 atom stereocenters. The maximum absolute atomic E-state index is 14.5. The maximum Gasteiger partial charge on any atom is 0.410 e. The Bertz CT molecular complexity index is 895. The minimum Gasteiger partial charge on any atom is -0.444 e. The van der Waals surface area contributed by atoms with Gasteiger partial charge in [-0.2, -0.15) is 5.10 Å². The van der Waals surface area contributed by atoms with Crippen LogP contribution in [0, 0.1) is 17.6 Å². The zero-order valence-corrected chi connectivity index (χ0v) is 18.7. The molecule has 32 heavy (non-hydrogen) atoms. The molecule has 176 valence electrons. The molecular weight excluding hydrogens is 420 g/mol. The van der Waals surface area contributed by atoms with Crippen LogP contribution in [0.3, 0.4) is 0 Å². The van der Waals surface area contributed by atoms with E-state index in [9.17, 15) is 18.7 Å². The quantitative estimate of drug-likeness (QED) is 0.673. The van der Waals surface area contributed by atoms with Gasteiger partial charge in [-0.1, -0.05) is 6.07 Å². The normalized spacial score (nSPS) is 17.2. The van der Waals surface area contributed by atoms with Crippen molar-refractivity contribution in [1.29, 1.82) is 0 Å². The highest BCUT2D eigenvalue weighted by Gasteiger charge is 2.34. The Morgan fingerprint density at radius 1 is 1.28 bits per heavy atom. The van der Waals surface area contributed by atoms with E-state index >= 15 is 0 Å². The van der Waals surface area contributed by atoms with Crippen LogP contribution in [0.5, 0.6) is 0 Å². The lowest BCUT2D eigenvalue weighted by atomic mass is 9.92. The van der Waals surface area contributed by atoms with Gasteiger partial charge >= 0.3 is 6.09 Å². The number of piperidine rings is 1. The van der Waals surface area contributed by atoms with E-state index in [4.69, 9.17) is 4.74 Å². The van der Waals surface area contributed by atoms with Crippen LogP contribution >= 0.6 is 0 Å². The molecule has 2 heterocycles. The molecule has 0 radical (unpaired) electrons. The van der Waals surface area contributed by atoms with Crippen LogP contribution in [0.1, 0.15) is 39.2 Å². The summed E-state index contributed by atoms with van der Waals surface area (Å²) < 4.78 is 34.7. The first-order valence-electron chi connectivity index (χ1n) is 10.7. The topological polar surface area (TPSA) is 92.5 Å². The van der Waals surface area contributed by atoms with Crippen molar-refractivity contribution in [2.24, 2.45) is 5.92 Å². The number of aromatic nitrogens is 3. The van der Waals surface area contributed by atoms with Crippen LogP contribution in [0.25, 0.3) is 0 Å². The van der Waals surface area contributed by atoms with Gasteiger partial charge in [0.25, 0.3) is 0 Å². The monoisotopic (exact) mass is 451 g/mol. The number of nitrogens with zero attached hydrogens (tertiary/aromatic N) is 4. The molecule has 0 spiro atoms. The number of likely N-dealkylation sites (tertiary alicyclic amines) is 1. The Balaban J connectivity index is 1.57. The summed E-state index contributed by atoms with van der Waals surface area (Å²) in [6, 6.07) is 3.13. The molecule has 0 saturated carbocycles. The second kappa shape index (κ2) is 9.91. The van der Waals surface area contributed by atoms with E-state index in [0.29, 0.717) is 25.6 Å². The number of hydrogen-bond donors (Lipinski definition) is 2. The van der Waals surface area contributed by atoms with Gasteiger partial charge in [-0.05, 0) is 52.1 Å². The highest BCUT2D eigenvalue weighted by Crippen LogP contribution is 2.26. The van der Waals surface area contributed by atoms with Crippen molar-refractivity contribution in [1.82, 2.24) is 25.0 Å². The number of halogens is 2. The summed E-state index contributed by atoms with van der Waals surface area (Å²) in [6.45, 7) is 7.30. The van der Waals surface area contributed by atoms with Gasteiger partial charge in [0.15, 0.2) is 0 Å². The first-order valence-corrected chi connectivity index (χ1v) is 10.7. The summed E-state index contributed by atoms with van der Waals surface area (Å²) in [6.07, 6.45) is 4.03. The lowest BCUT2D eigenvalue weighted by Gasteiger charge is -2.34. The molecule has 1 saturated heterocycles. The zero-order chi connectivity index (χ0) is 23.4. The number of carbonyl (C=O) groups excluding carboxylic acids is 1. The fraction of sp³-hybridized carbons (Fsp3) is 0.591. The van der Waals surface area contributed by atoms with Gasteiger partial charge in [0.1, 0.15) is 35.5 Å². The Morgan fingerprint density at radius 2 is 2.00 bits per heavy atom. The smallest absolute Gasteiger partial charge is 0.410 e. The van der Waals surface area contributed by atoms with Crippen LogP contribution in [0.4, 0.5) is 13.6 Å². The summed E-state index contributed by atoms with van der Waals surface area (Å²) in [5.74, 6) is -1.23. The van der Waals surface area contributed by atoms with E-state index in [1.54, 1.807) is 4.90 Å². The first-order chi connectivity index (χ1) is 15.1. The Labute approximate surface area is 186 Å². The summed E-state index contributed by atoms with van der Waals surface area (Å²) in [5.41, 5.74) is -2.19. The molecule has 3 rings (SSSR count). The van der Waals surface area contributed by atoms with Gasteiger partial charge in [-0.25, -0.2) is 23.2 Å². The molecule has 0 bridgehead atoms. The molecule has 0 aliphatic carbocycles. The second-order valence-electron chi connectivity index (χ2n) is 9.29. The molecule has 1 aromatic carbocycles. The van der Waals surface area contributed by atoms with Crippen molar-refractivity contribution in [2.45, 2.75) is 51.4 Å². The van der Waals surface area contributed by atoms with Crippen LogP contribution in [0.2, 0.25) is 0 Å². The third-order valence-corrected chi connectivity index (χ3v) is 5.44. The van der Waals surface area contributed by atoms with Crippen molar-refractivity contribution in [3.63, 3.8) is 0 Å². The molecule has 1 amide bonds. The largest absolute Gasteiger partial charge is 0.444 e. The summed E-state index contributed by atoms with van der Waals surface area (Å²) in [4.78, 5) is 17.8. The van der Waals surface area contributed by atoms with Crippen LogP contribution in [0.15, 0.2) is 30.9 Å². The van der Waals surface area contributed by atoms with Crippen molar-refractivity contribution in [2.75, 3.05) is 26.2 Å². The number of nitrogens with one attached hydrogen (secondary N) is 1. The lowest BCUT2D eigenvalue weighted by Crippen LogP contribution is -2.46. The molecule has 2 aromatic rings. The number of amides is 1. The number of aliphatic hydroxyl groups is 1. The zero-order valence-electron chi connectivity index (χ0n) is 18.7. The minimum absolute atomic E-state index is 0.0124. The van der Waals surface area contributed by atoms with Crippen LogP contribution in [-0.2, 0) is 16.9 Å². The Kier molecular flexibility index (Phi) is 7.45. The third-order valence-electron chi connectivity index (χ3n) is 5.44. The van der Waals surface area contributed by atoms with Crippen molar-refractivity contribution < 1.29 is 23.4 Å². The standard InChI is InChI=1S/C22H31F2N5O3/c1-21(2,3)32-20(30)28-8-6-16(7-9-28)11-25-12-22(31,13-29-15-26-14-27-29)18-5-4-17(23)10-19(18)24/h4-5,10,14-16,25,31H,6-9,11-13H2,1-3H3. The van der Waals surface area contributed by atoms with Crippen molar-refractivity contribution in [3.05, 3.63) is 48.1 Å². The number of hydrogen-bond acceptors (Lipinski definition) is 6. The highest BCUT2D eigenvalue weighted by molar-refractivity contribution is 5.68. The molecule has 2 N–H and O–H groups in total. The predicted octanol–water partition coefficient (Wildman–Crippen LogP) is 2.68. The molecule has 1 fully saturated rings. The lowest BCUT2D eigenvalue weighted by molar-refractivity contribution is 0.00920. The van der Waals surface area contributed by atoms with Gasteiger partial charge in [0.2, 0.25) is 0 Å². The number of carbonyl (C=O) groups is 1. The van der Waals surface area contributed by atoms with E-state index in [2.05, 4.69) is 15.4 Å². The fourth-order valence-corrected chi connectivity index (χ4v) is 3.81. The van der Waals surface area contributed by atoms with E-state index in [-0.39, 0.29) is 24.7 Å². The van der Waals surface area contributed by atoms with E-state index < -0.39 is 22.8 Å². The molecule has 10 heteroatoms. The van der Waals surface area contributed by atoms with Crippen molar-refractivity contribution >= 4 is 6.09 Å². The van der Waals surface area contributed by atoms with Crippen LogP contribution in [-0.4, -0.2) is 62.6 Å². The van der Waals surface area contributed by atoms with E-state index in [1.165, 1.54) is 23.4 Å². The maximum atomic E-state index is 14.5. The molecule has 8 nitrogen and oxygen atoms in total. The van der Waals surface area contributed by atoms with Crippen molar-refractivity contribution in [3.8, 4) is 0 Å².